The van der Waals surface area contributed by atoms with Gasteiger partial charge in [0.05, 0.1) is 59.4 Å². The molecule has 26 heavy (non-hydrogen) atoms. The molecule has 0 aromatic heterocycles. The number of ether oxygens (including phenoxy) is 1. The number of hydrogen-bond donors (Lipinski definition) is 4. The quantitative estimate of drug-likeness (QED) is 0.196. The lowest BCUT2D eigenvalue weighted by atomic mass is 10.5. The Morgan fingerprint density at radius 1 is 0.654 bits per heavy atom. The average molecular weight is 479 g/mol. The molecule has 0 fully saturated rings. The molecule has 0 aromatic rings. The van der Waals surface area contributed by atoms with E-state index in [0.717, 1.165) is 0 Å². The maximum Gasteiger partial charge on any atom is 0.181 e. The minimum Gasteiger partial charge on any atom is -0.391 e. The zero-order valence-electron chi connectivity index (χ0n) is 15.9. The summed E-state index contributed by atoms with van der Waals surface area (Å²) in [4.78, 5) is 0. The van der Waals surface area contributed by atoms with Crippen LogP contribution in [-0.2, 0) is 4.74 Å². The molecule has 0 spiro atoms. The molecular weight excluding hydrogens is 445 g/mol. The maximum absolute atomic E-state index is 8.42. The van der Waals surface area contributed by atoms with Crippen LogP contribution in [0.4, 0.5) is 0 Å². The van der Waals surface area contributed by atoms with Crippen molar-refractivity contribution in [3.63, 3.8) is 0 Å². The number of alkyl halides is 4. The Bertz CT molecular complexity index is 290. The second-order valence-corrected chi connectivity index (χ2v) is 12.9. The van der Waals surface area contributed by atoms with E-state index in [4.69, 9.17) is 66.8 Å². The van der Waals surface area contributed by atoms with Crippen LogP contribution in [0.25, 0.3) is 0 Å². The Labute approximate surface area is 178 Å². The van der Waals surface area contributed by atoms with Crippen LogP contribution in [0.3, 0.4) is 0 Å². The first-order valence-corrected chi connectivity index (χ1v) is 12.7. The lowest BCUT2D eigenvalue weighted by Crippen LogP contribution is -2.38. The van der Waals surface area contributed by atoms with E-state index in [1.165, 1.54) is 0 Å². The first-order chi connectivity index (χ1) is 12.1. The summed E-state index contributed by atoms with van der Waals surface area (Å²) in [5.41, 5.74) is 1.83. The van der Waals surface area contributed by atoms with Gasteiger partial charge in [0, 0.05) is 7.26 Å². The fourth-order valence-corrected chi connectivity index (χ4v) is 12.4. The molecule has 0 radical (unpaired) electrons. The fraction of sp³-hybridized carbons (Fsp3) is 1.00. The van der Waals surface area contributed by atoms with E-state index in [0.29, 0.717) is 46.2 Å². The van der Waals surface area contributed by atoms with Crippen molar-refractivity contribution in [3.05, 3.63) is 0 Å². The van der Waals surface area contributed by atoms with E-state index in [1.54, 1.807) is 0 Å². The van der Waals surface area contributed by atoms with E-state index in [1.807, 2.05) is 0 Å². The maximum atomic E-state index is 8.42. The number of rotatable bonds is 12. The Balaban J connectivity index is 0. The molecule has 0 amide bonds. The zero-order chi connectivity index (χ0) is 20.9. The smallest absolute Gasteiger partial charge is 0.181 e. The molecule has 160 valence electrons. The lowest BCUT2D eigenvalue weighted by Gasteiger charge is -2.44. The molecule has 0 heterocycles. The number of hydrogen-bond acceptors (Lipinski definition) is 5. The van der Waals surface area contributed by atoms with Gasteiger partial charge in [-0.3, -0.25) is 0 Å². The van der Waals surface area contributed by atoms with Crippen molar-refractivity contribution in [1.29, 1.82) is 0 Å². The van der Waals surface area contributed by atoms with Crippen molar-refractivity contribution >= 4 is 53.7 Å². The first kappa shape index (κ1) is 29.6. The summed E-state index contributed by atoms with van der Waals surface area (Å²) in [6, 6.07) is 0. The van der Waals surface area contributed by atoms with Gasteiger partial charge in [-0.1, -0.05) is 0 Å². The molecule has 4 N–H and O–H groups in total. The van der Waals surface area contributed by atoms with Gasteiger partial charge >= 0.3 is 0 Å². The third kappa shape index (κ3) is 8.82. The lowest BCUT2D eigenvalue weighted by molar-refractivity contribution is -0.229. The highest BCUT2D eigenvalue weighted by Crippen LogP contribution is 2.74. The highest BCUT2D eigenvalue weighted by molar-refractivity contribution is 7.78. The Kier molecular flexibility index (Phi) is 18.5. The van der Waals surface area contributed by atoms with Gasteiger partial charge < -0.3 is 25.2 Å². The summed E-state index contributed by atoms with van der Waals surface area (Å²) >= 11 is 24.6. The van der Waals surface area contributed by atoms with Crippen LogP contribution in [0.2, 0.25) is 0 Å². The highest BCUT2D eigenvalue weighted by Gasteiger charge is 2.55. The van der Waals surface area contributed by atoms with Crippen molar-refractivity contribution < 1.29 is 25.2 Å². The van der Waals surface area contributed by atoms with Crippen LogP contribution >= 0.6 is 53.7 Å². The van der Waals surface area contributed by atoms with Crippen LogP contribution in [0.5, 0.6) is 0 Å². The molecule has 5 nitrogen and oxygen atoms in total. The van der Waals surface area contributed by atoms with E-state index in [9.17, 15) is 0 Å². The Morgan fingerprint density at radius 3 is 1.04 bits per heavy atom. The molecule has 0 aliphatic heterocycles. The third-order valence-corrected chi connectivity index (χ3v) is 14.1. The number of halogens is 4. The highest BCUT2D eigenvalue weighted by atomic mass is 35.5. The molecule has 0 rings (SSSR count). The van der Waals surface area contributed by atoms with Gasteiger partial charge in [0.15, 0.2) is 12.6 Å². The number of aliphatic hydroxyl groups excluding tert-OH is 4. The van der Waals surface area contributed by atoms with Crippen LogP contribution < -0.4 is 0 Å². The Hall–Kier alpha value is 1.39. The third-order valence-electron chi connectivity index (χ3n) is 4.57. The van der Waals surface area contributed by atoms with Crippen molar-refractivity contribution in [2.45, 2.75) is 62.9 Å². The van der Waals surface area contributed by atoms with Gasteiger partial charge in [0.2, 0.25) is 0 Å². The fourth-order valence-electron chi connectivity index (χ4n) is 3.35. The van der Waals surface area contributed by atoms with Crippen molar-refractivity contribution in [3.8, 4) is 0 Å². The van der Waals surface area contributed by atoms with Crippen molar-refractivity contribution in [2.24, 2.45) is 0 Å². The Morgan fingerprint density at radius 2 is 0.885 bits per heavy atom. The molecule has 0 saturated heterocycles. The van der Waals surface area contributed by atoms with Gasteiger partial charge in [0.1, 0.15) is 0 Å². The SMILES string of the molecule is CC(CCl)[P+](C(C)CCl)(C(C)CCl)C(C)CCl.OCC(O)OC(O)CO. The second-order valence-electron chi connectivity index (χ2n) is 6.32. The largest absolute Gasteiger partial charge is 0.391 e. The molecule has 10 heteroatoms. The second kappa shape index (κ2) is 16.2. The predicted molar refractivity (Wildman–Crippen MR) is 115 cm³/mol. The molecule has 0 bridgehead atoms. The van der Waals surface area contributed by atoms with E-state index in [-0.39, 0.29) is 0 Å². The normalized spacial score (nSPS) is 20.8. The molecular formula is C16H34Cl4O5P+. The summed E-state index contributed by atoms with van der Waals surface area (Å²) in [6.45, 7) is 7.73. The van der Waals surface area contributed by atoms with E-state index < -0.39 is 33.1 Å². The summed E-state index contributed by atoms with van der Waals surface area (Å²) in [5, 5.41) is 33.1. The summed E-state index contributed by atoms with van der Waals surface area (Å²) < 4.78 is 4.16. The van der Waals surface area contributed by atoms with Crippen LogP contribution in [-0.4, -0.2) is 92.4 Å². The minimum atomic E-state index is -1.42. The minimum absolute atomic E-state index is 0.459. The monoisotopic (exact) mass is 477 g/mol. The molecule has 0 aliphatic carbocycles. The van der Waals surface area contributed by atoms with Crippen LogP contribution in [0.15, 0.2) is 0 Å². The zero-order valence-corrected chi connectivity index (χ0v) is 19.8. The van der Waals surface area contributed by atoms with Gasteiger partial charge in [0.25, 0.3) is 0 Å². The van der Waals surface area contributed by atoms with Gasteiger partial charge in [-0.05, 0) is 27.7 Å². The molecule has 6 unspecified atom stereocenters. The van der Waals surface area contributed by atoms with E-state index >= 15 is 0 Å². The molecule has 0 saturated carbocycles. The predicted octanol–water partition coefficient (Wildman–Crippen LogP) is 3.14. The van der Waals surface area contributed by atoms with Gasteiger partial charge in [-0.2, -0.15) is 0 Å². The first-order valence-electron chi connectivity index (χ1n) is 8.48. The molecule has 0 aliphatic rings. The van der Waals surface area contributed by atoms with E-state index in [2.05, 4.69) is 32.4 Å². The summed E-state index contributed by atoms with van der Waals surface area (Å²) in [5.74, 6) is 2.66. The molecule has 6 atom stereocenters. The van der Waals surface area contributed by atoms with Gasteiger partial charge in [-0.25, -0.2) is 0 Å². The average Bonchev–Trinajstić information content (AvgIpc) is 2.67. The molecule has 0 aromatic carbocycles. The topological polar surface area (TPSA) is 90.2 Å². The summed E-state index contributed by atoms with van der Waals surface area (Å²) in [6.07, 6.45) is -2.85. The van der Waals surface area contributed by atoms with Gasteiger partial charge in [-0.15, -0.1) is 46.4 Å². The van der Waals surface area contributed by atoms with Crippen molar-refractivity contribution in [1.82, 2.24) is 0 Å². The summed E-state index contributed by atoms with van der Waals surface area (Å²) in [7, 11) is -1.39. The van der Waals surface area contributed by atoms with Crippen molar-refractivity contribution in [2.75, 3.05) is 36.7 Å². The van der Waals surface area contributed by atoms with Crippen LogP contribution in [0.1, 0.15) is 27.7 Å². The van der Waals surface area contributed by atoms with Crippen LogP contribution in [0, 0.1) is 0 Å². The standard InChI is InChI=1S/C12H24Cl4P.C4H10O5/c1-9(5-13)17(10(2)6-14,11(3)7-15)12(4)8-16;5-1-3(7)9-4(8)2-6/h9-12H,5-8H2,1-4H3;3-8H,1-2H2/q+1;. The number of aliphatic hydroxyl groups is 4.